The number of hydrogen-bond donors (Lipinski definition) is 2. The SMILES string of the molecule is CC1CCCC1CNC(=O)c1ccc2c(c1)CCN2. The molecule has 1 aliphatic heterocycles. The second-order valence-electron chi connectivity index (χ2n) is 5.93. The predicted molar refractivity (Wildman–Crippen MR) is 77.5 cm³/mol. The molecule has 102 valence electrons. The zero-order chi connectivity index (χ0) is 13.2. The molecule has 3 heteroatoms. The number of fused-ring (bicyclic) bond motifs is 1. The number of nitrogens with one attached hydrogen (secondary N) is 2. The minimum atomic E-state index is 0.0776. The van der Waals surface area contributed by atoms with E-state index < -0.39 is 0 Å². The molecule has 2 atom stereocenters. The van der Waals surface area contributed by atoms with Crippen molar-refractivity contribution in [1.29, 1.82) is 0 Å². The number of anilines is 1. The van der Waals surface area contributed by atoms with E-state index in [0.29, 0.717) is 5.92 Å². The van der Waals surface area contributed by atoms with Crippen molar-refractivity contribution in [3.05, 3.63) is 29.3 Å². The van der Waals surface area contributed by atoms with Crippen molar-refractivity contribution < 1.29 is 4.79 Å². The summed E-state index contributed by atoms with van der Waals surface area (Å²) in [7, 11) is 0. The second kappa shape index (κ2) is 5.24. The maximum Gasteiger partial charge on any atom is 0.251 e. The summed E-state index contributed by atoms with van der Waals surface area (Å²) in [6.45, 7) is 4.11. The Morgan fingerprint density at radius 3 is 3.11 bits per heavy atom. The van der Waals surface area contributed by atoms with E-state index in [4.69, 9.17) is 0 Å². The van der Waals surface area contributed by atoms with Crippen LogP contribution in [0.5, 0.6) is 0 Å². The van der Waals surface area contributed by atoms with Crippen LogP contribution in [0.25, 0.3) is 0 Å². The van der Waals surface area contributed by atoms with Crippen molar-refractivity contribution in [2.24, 2.45) is 11.8 Å². The Morgan fingerprint density at radius 1 is 1.42 bits per heavy atom. The largest absolute Gasteiger partial charge is 0.384 e. The van der Waals surface area contributed by atoms with E-state index in [1.165, 1.54) is 30.5 Å². The first-order valence-corrected chi connectivity index (χ1v) is 7.39. The van der Waals surface area contributed by atoms with Crippen molar-refractivity contribution in [2.75, 3.05) is 18.4 Å². The number of rotatable bonds is 3. The van der Waals surface area contributed by atoms with Gasteiger partial charge >= 0.3 is 0 Å². The summed E-state index contributed by atoms with van der Waals surface area (Å²) in [5.41, 5.74) is 3.25. The van der Waals surface area contributed by atoms with Crippen LogP contribution in [0, 0.1) is 11.8 Å². The molecule has 0 aromatic heterocycles. The van der Waals surface area contributed by atoms with Crippen molar-refractivity contribution in [2.45, 2.75) is 32.6 Å². The normalized spacial score (nSPS) is 24.9. The number of carbonyl (C=O) groups excluding carboxylic acids is 1. The molecular formula is C16H22N2O. The van der Waals surface area contributed by atoms with Crippen molar-refractivity contribution in [3.8, 4) is 0 Å². The van der Waals surface area contributed by atoms with Crippen LogP contribution < -0.4 is 10.6 Å². The molecule has 2 unspecified atom stereocenters. The monoisotopic (exact) mass is 258 g/mol. The summed E-state index contributed by atoms with van der Waals surface area (Å²) >= 11 is 0. The predicted octanol–water partition coefficient (Wildman–Crippen LogP) is 2.82. The van der Waals surface area contributed by atoms with Crippen molar-refractivity contribution in [1.82, 2.24) is 5.32 Å². The molecule has 2 N–H and O–H groups in total. The van der Waals surface area contributed by atoms with E-state index in [1.54, 1.807) is 0 Å². The molecular weight excluding hydrogens is 236 g/mol. The Labute approximate surface area is 114 Å². The maximum absolute atomic E-state index is 12.2. The molecule has 0 bridgehead atoms. The highest BCUT2D eigenvalue weighted by Gasteiger charge is 2.23. The van der Waals surface area contributed by atoms with Gasteiger partial charge in [0, 0.05) is 24.3 Å². The summed E-state index contributed by atoms with van der Waals surface area (Å²) in [6.07, 6.45) is 4.91. The van der Waals surface area contributed by atoms with E-state index in [2.05, 4.69) is 17.6 Å². The summed E-state index contributed by atoms with van der Waals surface area (Å²) in [5.74, 6) is 1.50. The molecule has 1 fully saturated rings. The van der Waals surface area contributed by atoms with Gasteiger partial charge in [0.1, 0.15) is 0 Å². The topological polar surface area (TPSA) is 41.1 Å². The Kier molecular flexibility index (Phi) is 3.45. The highest BCUT2D eigenvalue weighted by molar-refractivity contribution is 5.95. The van der Waals surface area contributed by atoms with Crippen LogP contribution in [0.4, 0.5) is 5.69 Å². The first-order valence-electron chi connectivity index (χ1n) is 7.39. The van der Waals surface area contributed by atoms with Gasteiger partial charge in [0.2, 0.25) is 0 Å². The minimum Gasteiger partial charge on any atom is -0.384 e. The average Bonchev–Trinajstić information content (AvgIpc) is 3.03. The Balaban J connectivity index is 1.61. The molecule has 3 rings (SSSR count). The van der Waals surface area contributed by atoms with Gasteiger partial charge in [-0.2, -0.15) is 0 Å². The third-order valence-corrected chi connectivity index (χ3v) is 4.64. The van der Waals surface area contributed by atoms with E-state index in [1.807, 2.05) is 18.2 Å². The molecule has 3 nitrogen and oxygen atoms in total. The smallest absolute Gasteiger partial charge is 0.251 e. The summed E-state index contributed by atoms with van der Waals surface area (Å²) in [4.78, 5) is 12.2. The Morgan fingerprint density at radius 2 is 2.32 bits per heavy atom. The molecule has 1 aliphatic carbocycles. The van der Waals surface area contributed by atoms with E-state index >= 15 is 0 Å². The van der Waals surface area contributed by atoms with Crippen LogP contribution in [-0.2, 0) is 6.42 Å². The fraction of sp³-hybridized carbons (Fsp3) is 0.562. The Hall–Kier alpha value is -1.51. The minimum absolute atomic E-state index is 0.0776. The van der Waals surface area contributed by atoms with Crippen molar-refractivity contribution >= 4 is 11.6 Å². The van der Waals surface area contributed by atoms with Gasteiger partial charge in [-0.15, -0.1) is 0 Å². The second-order valence-corrected chi connectivity index (χ2v) is 5.93. The lowest BCUT2D eigenvalue weighted by atomic mass is 9.98. The standard InChI is InChI=1S/C16H22N2O/c1-11-3-2-4-14(11)10-18-16(19)13-5-6-15-12(9-13)7-8-17-15/h5-6,9,11,14,17H,2-4,7-8,10H2,1H3,(H,18,19). The van der Waals surface area contributed by atoms with Gasteiger partial charge in [-0.25, -0.2) is 0 Å². The van der Waals surface area contributed by atoms with Gasteiger partial charge in [-0.3, -0.25) is 4.79 Å². The number of amides is 1. The average molecular weight is 258 g/mol. The van der Waals surface area contributed by atoms with Gasteiger partial charge in [-0.1, -0.05) is 19.8 Å². The highest BCUT2D eigenvalue weighted by atomic mass is 16.1. The lowest BCUT2D eigenvalue weighted by Gasteiger charge is -2.16. The number of benzene rings is 1. The molecule has 0 radical (unpaired) electrons. The molecule has 19 heavy (non-hydrogen) atoms. The van der Waals surface area contributed by atoms with Crippen LogP contribution >= 0.6 is 0 Å². The summed E-state index contributed by atoms with van der Waals surface area (Å²) in [5, 5.41) is 6.42. The maximum atomic E-state index is 12.2. The molecule has 1 saturated carbocycles. The fourth-order valence-electron chi connectivity index (χ4n) is 3.30. The molecule has 1 amide bonds. The number of carbonyl (C=O) groups is 1. The molecule has 1 heterocycles. The molecule has 0 saturated heterocycles. The van der Waals surface area contributed by atoms with Crippen LogP contribution in [-0.4, -0.2) is 19.0 Å². The van der Waals surface area contributed by atoms with E-state index in [-0.39, 0.29) is 5.91 Å². The van der Waals surface area contributed by atoms with E-state index in [0.717, 1.165) is 31.0 Å². The first kappa shape index (κ1) is 12.5. The quantitative estimate of drug-likeness (QED) is 0.875. The van der Waals surface area contributed by atoms with Crippen molar-refractivity contribution in [3.63, 3.8) is 0 Å². The lowest BCUT2D eigenvalue weighted by molar-refractivity contribution is 0.0944. The van der Waals surface area contributed by atoms with Gasteiger partial charge in [0.15, 0.2) is 0 Å². The number of hydrogen-bond acceptors (Lipinski definition) is 2. The first-order chi connectivity index (χ1) is 9.24. The lowest BCUT2D eigenvalue weighted by Crippen LogP contribution is -2.30. The molecule has 0 spiro atoms. The Bertz CT molecular complexity index is 484. The summed E-state index contributed by atoms with van der Waals surface area (Å²) < 4.78 is 0. The third kappa shape index (κ3) is 2.60. The fourth-order valence-corrected chi connectivity index (χ4v) is 3.30. The van der Waals surface area contributed by atoms with Gasteiger partial charge < -0.3 is 10.6 Å². The summed E-state index contributed by atoms with van der Waals surface area (Å²) in [6, 6.07) is 5.97. The van der Waals surface area contributed by atoms with Gasteiger partial charge in [-0.05, 0) is 48.4 Å². The zero-order valence-corrected chi connectivity index (χ0v) is 11.5. The zero-order valence-electron chi connectivity index (χ0n) is 11.5. The van der Waals surface area contributed by atoms with Crippen LogP contribution in [0.1, 0.15) is 42.1 Å². The molecule has 1 aromatic carbocycles. The highest BCUT2D eigenvalue weighted by Crippen LogP contribution is 2.30. The van der Waals surface area contributed by atoms with Crippen LogP contribution in [0.15, 0.2) is 18.2 Å². The van der Waals surface area contributed by atoms with Crippen LogP contribution in [0.3, 0.4) is 0 Å². The van der Waals surface area contributed by atoms with Gasteiger partial charge in [0.25, 0.3) is 5.91 Å². The van der Waals surface area contributed by atoms with Crippen LogP contribution in [0.2, 0.25) is 0 Å². The third-order valence-electron chi connectivity index (χ3n) is 4.64. The van der Waals surface area contributed by atoms with E-state index in [9.17, 15) is 4.79 Å². The van der Waals surface area contributed by atoms with Gasteiger partial charge in [0.05, 0.1) is 0 Å². The molecule has 2 aliphatic rings. The molecule has 1 aromatic rings.